The molecule has 0 N–H and O–H groups in total. The van der Waals surface area contributed by atoms with Crippen molar-refractivity contribution in [2.75, 3.05) is 7.11 Å². The fraction of sp³-hybridized carbons (Fsp3) is 0.625. The summed E-state index contributed by atoms with van der Waals surface area (Å²) in [5.41, 5.74) is 2.72. The van der Waals surface area contributed by atoms with Gasteiger partial charge in [0.2, 0.25) is 0 Å². The molecule has 2 aliphatic carbocycles. The number of esters is 1. The third-order valence-electron chi connectivity index (χ3n) is 4.82. The quantitative estimate of drug-likeness (QED) is 0.567. The summed E-state index contributed by atoms with van der Waals surface area (Å²) in [7, 11) is 1.39. The molecule has 0 aromatic heterocycles. The maximum atomic E-state index is 11.9. The van der Waals surface area contributed by atoms with Crippen LogP contribution in [0.2, 0.25) is 0 Å². The van der Waals surface area contributed by atoms with E-state index in [1.165, 1.54) is 12.7 Å². The third kappa shape index (κ3) is 2.51. The zero-order valence-electron chi connectivity index (χ0n) is 12.0. The van der Waals surface area contributed by atoms with Gasteiger partial charge in [-0.1, -0.05) is 19.1 Å². The van der Waals surface area contributed by atoms with Gasteiger partial charge in [0.05, 0.1) is 7.11 Å². The Hall–Kier alpha value is -1.38. The first kappa shape index (κ1) is 14.0. The van der Waals surface area contributed by atoms with E-state index in [1.807, 2.05) is 6.92 Å². The molecule has 0 bridgehead atoms. The van der Waals surface area contributed by atoms with Gasteiger partial charge < -0.3 is 4.74 Å². The van der Waals surface area contributed by atoms with Gasteiger partial charge in [-0.25, -0.2) is 4.79 Å². The summed E-state index contributed by atoms with van der Waals surface area (Å²) in [6.07, 6.45) is 3.44. The van der Waals surface area contributed by atoms with Crippen molar-refractivity contribution < 1.29 is 14.3 Å². The number of fused-ring (bicyclic) bond motifs is 1. The maximum Gasteiger partial charge on any atom is 0.333 e. The molecule has 0 aliphatic heterocycles. The standard InChI is InChI=1S/C16H22O3/c1-9-5-6-12(10(2)16(18)19-4)7-14-11(3)15(17)8-13(9)14/h9,12-13H,2,5-8H2,1,3-4H3/t9-,12+,13-/m0/s1. The van der Waals surface area contributed by atoms with Crippen LogP contribution in [0.5, 0.6) is 0 Å². The van der Waals surface area contributed by atoms with E-state index < -0.39 is 0 Å². The lowest BCUT2D eigenvalue weighted by atomic mass is 9.86. The van der Waals surface area contributed by atoms with Gasteiger partial charge in [-0.2, -0.15) is 0 Å². The van der Waals surface area contributed by atoms with E-state index in [4.69, 9.17) is 4.74 Å². The van der Waals surface area contributed by atoms with Gasteiger partial charge in [-0.3, -0.25) is 4.79 Å². The average Bonchev–Trinajstić information content (AvgIpc) is 2.59. The Morgan fingerprint density at radius 3 is 2.63 bits per heavy atom. The van der Waals surface area contributed by atoms with Crippen molar-refractivity contribution in [2.45, 2.75) is 39.5 Å². The van der Waals surface area contributed by atoms with E-state index in [-0.39, 0.29) is 17.7 Å². The molecular weight excluding hydrogens is 240 g/mol. The van der Waals surface area contributed by atoms with Crippen LogP contribution < -0.4 is 0 Å². The van der Waals surface area contributed by atoms with Crippen LogP contribution in [-0.4, -0.2) is 18.9 Å². The predicted octanol–water partition coefficient (Wildman–Crippen LogP) is 3.06. The fourth-order valence-electron chi connectivity index (χ4n) is 3.41. The molecule has 3 nitrogen and oxygen atoms in total. The Bertz CT molecular complexity index is 459. The normalized spacial score (nSPS) is 30.9. The maximum absolute atomic E-state index is 11.9. The van der Waals surface area contributed by atoms with E-state index in [0.717, 1.165) is 24.8 Å². The number of allylic oxidation sites excluding steroid dienone is 2. The molecule has 0 saturated heterocycles. The number of Topliss-reactive ketones (excluding diaryl/α,β-unsaturated/α-hetero) is 1. The van der Waals surface area contributed by atoms with E-state index in [9.17, 15) is 9.59 Å². The molecule has 3 heteroatoms. The van der Waals surface area contributed by atoms with E-state index in [1.54, 1.807) is 0 Å². The number of ether oxygens (including phenoxy) is 1. The summed E-state index contributed by atoms with van der Waals surface area (Å²) in [5.74, 6) is 0.959. The molecule has 104 valence electrons. The van der Waals surface area contributed by atoms with Crippen molar-refractivity contribution in [3.63, 3.8) is 0 Å². The van der Waals surface area contributed by atoms with Crippen LogP contribution in [0, 0.1) is 17.8 Å². The highest BCUT2D eigenvalue weighted by atomic mass is 16.5. The molecule has 19 heavy (non-hydrogen) atoms. The largest absolute Gasteiger partial charge is 0.466 e. The summed E-state index contributed by atoms with van der Waals surface area (Å²) in [6.45, 7) is 8.02. The van der Waals surface area contributed by atoms with Gasteiger partial charge in [0.1, 0.15) is 0 Å². The summed E-state index contributed by atoms with van der Waals surface area (Å²) in [6, 6.07) is 0. The molecule has 0 aromatic carbocycles. The number of rotatable bonds is 2. The summed E-state index contributed by atoms with van der Waals surface area (Å²) in [4.78, 5) is 23.5. The SMILES string of the molecule is C=C(C(=O)OC)[C@@H]1CC[C@H](C)[C@@H]2CC(=O)C(C)=C2C1. The number of hydrogen-bond donors (Lipinski definition) is 0. The van der Waals surface area contributed by atoms with Gasteiger partial charge >= 0.3 is 5.97 Å². The topological polar surface area (TPSA) is 43.4 Å². The number of methoxy groups -OCH3 is 1. The first-order chi connectivity index (χ1) is 8.95. The van der Waals surface area contributed by atoms with Crippen molar-refractivity contribution >= 4 is 11.8 Å². The van der Waals surface area contributed by atoms with Crippen LogP contribution in [0.3, 0.4) is 0 Å². The van der Waals surface area contributed by atoms with Crippen LogP contribution in [-0.2, 0) is 14.3 Å². The highest BCUT2D eigenvalue weighted by Gasteiger charge is 2.38. The Morgan fingerprint density at radius 1 is 1.32 bits per heavy atom. The van der Waals surface area contributed by atoms with E-state index in [2.05, 4.69) is 13.5 Å². The van der Waals surface area contributed by atoms with Gasteiger partial charge in [-0.05, 0) is 49.5 Å². The second kappa shape index (κ2) is 5.32. The van der Waals surface area contributed by atoms with Crippen LogP contribution in [0.15, 0.2) is 23.3 Å². The first-order valence-electron chi connectivity index (χ1n) is 6.95. The molecule has 2 aliphatic rings. The molecule has 3 atom stereocenters. The third-order valence-corrected chi connectivity index (χ3v) is 4.82. The fourth-order valence-corrected chi connectivity index (χ4v) is 3.41. The van der Waals surface area contributed by atoms with E-state index >= 15 is 0 Å². The minimum atomic E-state index is -0.321. The zero-order valence-corrected chi connectivity index (χ0v) is 12.0. The van der Waals surface area contributed by atoms with Gasteiger partial charge in [0.25, 0.3) is 0 Å². The number of ketones is 1. The minimum Gasteiger partial charge on any atom is -0.466 e. The van der Waals surface area contributed by atoms with E-state index in [0.29, 0.717) is 23.8 Å². The Balaban J connectivity index is 2.25. The van der Waals surface area contributed by atoms with Crippen molar-refractivity contribution in [3.05, 3.63) is 23.3 Å². The lowest BCUT2D eigenvalue weighted by molar-refractivity contribution is -0.136. The molecule has 0 unspecified atom stereocenters. The molecule has 2 rings (SSSR count). The molecule has 1 fully saturated rings. The van der Waals surface area contributed by atoms with Crippen molar-refractivity contribution in [1.29, 1.82) is 0 Å². The molecule has 1 saturated carbocycles. The Morgan fingerprint density at radius 2 is 2.00 bits per heavy atom. The van der Waals surface area contributed by atoms with Gasteiger partial charge in [0, 0.05) is 12.0 Å². The van der Waals surface area contributed by atoms with Gasteiger partial charge in [0.15, 0.2) is 5.78 Å². The summed E-state index contributed by atoms with van der Waals surface area (Å²) < 4.78 is 4.77. The Labute approximate surface area is 114 Å². The number of carbonyl (C=O) groups excluding carboxylic acids is 2. The van der Waals surface area contributed by atoms with Crippen LogP contribution in [0.25, 0.3) is 0 Å². The molecule has 0 heterocycles. The highest BCUT2D eigenvalue weighted by molar-refractivity contribution is 5.98. The second-order valence-corrected chi connectivity index (χ2v) is 5.86. The predicted molar refractivity (Wildman–Crippen MR) is 73.5 cm³/mol. The average molecular weight is 262 g/mol. The Kier molecular flexibility index (Phi) is 3.93. The molecular formula is C16H22O3. The monoisotopic (exact) mass is 262 g/mol. The smallest absolute Gasteiger partial charge is 0.333 e. The first-order valence-corrected chi connectivity index (χ1v) is 6.95. The molecule has 0 radical (unpaired) electrons. The van der Waals surface area contributed by atoms with Crippen molar-refractivity contribution in [2.24, 2.45) is 17.8 Å². The molecule has 0 spiro atoms. The molecule has 0 amide bonds. The lowest BCUT2D eigenvalue weighted by Gasteiger charge is -2.18. The van der Waals surface area contributed by atoms with Crippen LogP contribution >= 0.6 is 0 Å². The molecule has 0 aromatic rings. The van der Waals surface area contributed by atoms with Crippen LogP contribution in [0.1, 0.15) is 39.5 Å². The van der Waals surface area contributed by atoms with Crippen molar-refractivity contribution in [3.8, 4) is 0 Å². The second-order valence-electron chi connectivity index (χ2n) is 5.86. The van der Waals surface area contributed by atoms with Gasteiger partial charge in [-0.15, -0.1) is 0 Å². The number of hydrogen-bond acceptors (Lipinski definition) is 3. The minimum absolute atomic E-state index is 0.121. The zero-order chi connectivity index (χ0) is 14.2. The summed E-state index contributed by atoms with van der Waals surface area (Å²) >= 11 is 0. The number of carbonyl (C=O) groups is 2. The summed E-state index contributed by atoms with van der Waals surface area (Å²) in [5, 5.41) is 0. The van der Waals surface area contributed by atoms with Crippen LogP contribution in [0.4, 0.5) is 0 Å². The van der Waals surface area contributed by atoms with Crippen molar-refractivity contribution in [1.82, 2.24) is 0 Å². The highest BCUT2D eigenvalue weighted by Crippen LogP contribution is 2.45. The lowest BCUT2D eigenvalue weighted by Crippen LogP contribution is -2.14.